The molecular weight excluding hydrogens is 224 g/mol. The van der Waals surface area contributed by atoms with Gasteiger partial charge in [-0.15, -0.1) is 0 Å². The third-order valence-electron chi connectivity index (χ3n) is 3.05. The maximum absolute atomic E-state index is 9.97. The predicted molar refractivity (Wildman–Crippen MR) is 75.9 cm³/mol. The smallest absolute Gasteiger partial charge is 0.120 e. The number of nitrogens with zero attached hydrogens (tertiary/aromatic N) is 1. The molecule has 0 amide bonds. The van der Waals surface area contributed by atoms with E-state index >= 15 is 0 Å². The number of aromatic hydroxyl groups is 1. The van der Waals surface area contributed by atoms with Crippen molar-refractivity contribution in [3.05, 3.63) is 42.0 Å². The Morgan fingerprint density at radius 3 is 2.67 bits per heavy atom. The summed E-state index contributed by atoms with van der Waals surface area (Å²) in [5, 5.41) is 15.6. The molecule has 0 saturated carbocycles. The van der Waals surface area contributed by atoms with Gasteiger partial charge in [-0.25, -0.2) is 0 Å². The summed E-state index contributed by atoms with van der Waals surface area (Å²) in [4.78, 5) is 2.13. The topological polar surface area (TPSA) is 35.5 Å². The minimum Gasteiger partial charge on any atom is -0.508 e. The van der Waals surface area contributed by atoms with Crippen LogP contribution in [0, 0.1) is 0 Å². The summed E-state index contributed by atoms with van der Waals surface area (Å²) >= 11 is 0. The highest BCUT2D eigenvalue weighted by molar-refractivity contribution is 5.87. The zero-order valence-electron chi connectivity index (χ0n) is 11.0. The summed E-state index contributed by atoms with van der Waals surface area (Å²) < 4.78 is 0. The highest BCUT2D eigenvalue weighted by Crippen LogP contribution is 2.26. The van der Waals surface area contributed by atoms with Crippen molar-refractivity contribution in [1.82, 2.24) is 10.2 Å². The van der Waals surface area contributed by atoms with Crippen LogP contribution < -0.4 is 5.32 Å². The molecule has 18 heavy (non-hydrogen) atoms. The average Bonchev–Trinajstić information content (AvgIpc) is 2.36. The normalized spacial score (nSPS) is 11.3. The van der Waals surface area contributed by atoms with Crippen molar-refractivity contribution in [2.24, 2.45) is 0 Å². The number of phenols is 1. The first kappa shape index (κ1) is 12.9. The Morgan fingerprint density at radius 2 is 1.89 bits per heavy atom. The molecule has 0 heterocycles. The van der Waals surface area contributed by atoms with Crippen LogP contribution in [0.3, 0.4) is 0 Å². The molecule has 3 heteroatoms. The lowest BCUT2D eigenvalue weighted by molar-refractivity contribution is 0.398. The van der Waals surface area contributed by atoms with E-state index in [1.165, 1.54) is 5.39 Å². The maximum Gasteiger partial charge on any atom is 0.120 e. The van der Waals surface area contributed by atoms with Crippen LogP contribution in [0.15, 0.2) is 36.4 Å². The van der Waals surface area contributed by atoms with Crippen LogP contribution in [0.25, 0.3) is 10.8 Å². The average molecular weight is 244 g/mol. The van der Waals surface area contributed by atoms with Crippen molar-refractivity contribution in [2.75, 3.05) is 27.2 Å². The van der Waals surface area contributed by atoms with E-state index in [1.54, 1.807) is 6.07 Å². The van der Waals surface area contributed by atoms with Crippen molar-refractivity contribution < 1.29 is 5.11 Å². The summed E-state index contributed by atoms with van der Waals surface area (Å²) in [6.45, 7) is 2.60. The molecule has 0 saturated heterocycles. The number of hydrogen-bond donors (Lipinski definition) is 2. The number of fused-ring (bicyclic) bond motifs is 1. The Hall–Kier alpha value is -1.58. The van der Waals surface area contributed by atoms with Crippen LogP contribution in [0.1, 0.15) is 5.56 Å². The Morgan fingerprint density at radius 1 is 1.11 bits per heavy atom. The fourth-order valence-corrected chi connectivity index (χ4v) is 2.03. The number of phenolic OH excluding ortho intramolecular Hbond substituents is 1. The molecule has 0 aromatic heterocycles. The molecule has 2 aromatic carbocycles. The van der Waals surface area contributed by atoms with Gasteiger partial charge in [-0.1, -0.05) is 30.3 Å². The fraction of sp³-hybridized carbons (Fsp3) is 0.333. The van der Waals surface area contributed by atoms with E-state index in [0.29, 0.717) is 12.3 Å². The lowest BCUT2D eigenvalue weighted by Gasteiger charge is -2.12. The SMILES string of the molecule is CN(C)CCNCc1c(O)ccc2ccccc12. The van der Waals surface area contributed by atoms with Gasteiger partial charge in [0.2, 0.25) is 0 Å². The summed E-state index contributed by atoms with van der Waals surface area (Å²) in [6, 6.07) is 11.9. The number of rotatable bonds is 5. The number of likely N-dealkylation sites (N-methyl/N-ethyl adjacent to an activating group) is 1. The summed E-state index contributed by atoms with van der Waals surface area (Å²) in [7, 11) is 4.11. The predicted octanol–water partition coefficient (Wildman–Crippen LogP) is 2.20. The lowest BCUT2D eigenvalue weighted by Crippen LogP contribution is -2.26. The number of nitrogens with one attached hydrogen (secondary N) is 1. The number of benzene rings is 2. The molecule has 2 N–H and O–H groups in total. The van der Waals surface area contributed by atoms with Gasteiger partial charge in [-0.2, -0.15) is 0 Å². The van der Waals surface area contributed by atoms with Gasteiger partial charge in [0.05, 0.1) is 0 Å². The van der Waals surface area contributed by atoms with E-state index in [0.717, 1.165) is 24.0 Å². The first-order valence-electron chi connectivity index (χ1n) is 6.23. The van der Waals surface area contributed by atoms with Gasteiger partial charge < -0.3 is 15.3 Å². The summed E-state index contributed by atoms with van der Waals surface area (Å²) in [5.74, 6) is 0.367. The highest BCUT2D eigenvalue weighted by atomic mass is 16.3. The molecule has 2 aromatic rings. The molecule has 0 fully saturated rings. The molecule has 2 rings (SSSR count). The van der Waals surface area contributed by atoms with Crippen molar-refractivity contribution in [2.45, 2.75) is 6.54 Å². The molecule has 3 nitrogen and oxygen atoms in total. The Labute approximate surface area is 108 Å². The van der Waals surface area contributed by atoms with Gasteiger partial charge in [-0.3, -0.25) is 0 Å². The van der Waals surface area contributed by atoms with Crippen LogP contribution in [-0.4, -0.2) is 37.2 Å². The van der Waals surface area contributed by atoms with E-state index in [2.05, 4.69) is 36.4 Å². The molecular formula is C15H20N2O. The van der Waals surface area contributed by atoms with Crippen LogP contribution in [0.2, 0.25) is 0 Å². The van der Waals surface area contributed by atoms with Gasteiger partial charge in [0.15, 0.2) is 0 Å². The molecule has 0 spiro atoms. The Bertz CT molecular complexity index is 523. The quantitative estimate of drug-likeness (QED) is 0.791. The van der Waals surface area contributed by atoms with E-state index in [-0.39, 0.29) is 0 Å². The second kappa shape index (κ2) is 5.85. The second-order valence-corrected chi connectivity index (χ2v) is 4.76. The third kappa shape index (κ3) is 3.00. The Kier molecular flexibility index (Phi) is 4.18. The van der Waals surface area contributed by atoms with Crippen molar-refractivity contribution >= 4 is 10.8 Å². The van der Waals surface area contributed by atoms with Crippen molar-refractivity contribution in [3.8, 4) is 5.75 Å². The monoisotopic (exact) mass is 244 g/mol. The number of hydrogen-bond acceptors (Lipinski definition) is 3. The van der Waals surface area contributed by atoms with Gasteiger partial charge >= 0.3 is 0 Å². The zero-order valence-corrected chi connectivity index (χ0v) is 11.0. The van der Waals surface area contributed by atoms with Gasteiger partial charge in [0.25, 0.3) is 0 Å². The first-order valence-corrected chi connectivity index (χ1v) is 6.23. The van der Waals surface area contributed by atoms with E-state index < -0.39 is 0 Å². The second-order valence-electron chi connectivity index (χ2n) is 4.76. The van der Waals surface area contributed by atoms with E-state index in [9.17, 15) is 5.11 Å². The van der Waals surface area contributed by atoms with Gasteiger partial charge in [0.1, 0.15) is 5.75 Å². The standard InChI is InChI=1S/C15H20N2O/c1-17(2)10-9-16-11-14-13-6-4-3-5-12(13)7-8-15(14)18/h3-8,16,18H,9-11H2,1-2H3. The van der Waals surface area contributed by atoms with Crippen LogP contribution >= 0.6 is 0 Å². The summed E-state index contributed by atoms with van der Waals surface area (Å²) in [5.41, 5.74) is 0.979. The Balaban J connectivity index is 2.14. The summed E-state index contributed by atoms with van der Waals surface area (Å²) in [6.07, 6.45) is 0. The third-order valence-corrected chi connectivity index (χ3v) is 3.05. The first-order chi connectivity index (χ1) is 8.68. The van der Waals surface area contributed by atoms with Crippen LogP contribution in [0.4, 0.5) is 0 Å². The molecule has 96 valence electrons. The maximum atomic E-state index is 9.97. The largest absolute Gasteiger partial charge is 0.508 e. The molecule has 0 aliphatic carbocycles. The molecule has 0 unspecified atom stereocenters. The highest BCUT2D eigenvalue weighted by Gasteiger charge is 2.05. The van der Waals surface area contributed by atoms with Crippen molar-refractivity contribution in [3.63, 3.8) is 0 Å². The molecule has 0 atom stereocenters. The molecule has 0 aliphatic heterocycles. The lowest BCUT2D eigenvalue weighted by atomic mass is 10.0. The fourth-order valence-electron chi connectivity index (χ4n) is 2.03. The molecule has 0 bridgehead atoms. The minimum atomic E-state index is 0.367. The van der Waals surface area contributed by atoms with Crippen LogP contribution in [0.5, 0.6) is 5.75 Å². The van der Waals surface area contributed by atoms with Crippen molar-refractivity contribution in [1.29, 1.82) is 0 Å². The molecule has 0 radical (unpaired) electrons. The molecule has 0 aliphatic rings. The zero-order chi connectivity index (χ0) is 13.0. The van der Waals surface area contributed by atoms with E-state index in [4.69, 9.17) is 0 Å². The minimum absolute atomic E-state index is 0.367. The van der Waals surface area contributed by atoms with Gasteiger partial charge in [-0.05, 0) is 30.9 Å². The van der Waals surface area contributed by atoms with Crippen LogP contribution in [-0.2, 0) is 6.54 Å². The van der Waals surface area contributed by atoms with E-state index in [1.807, 2.05) is 18.2 Å². The van der Waals surface area contributed by atoms with Gasteiger partial charge in [0, 0.05) is 25.2 Å².